The molecule has 0 bridgehead atoms. The molecule has 0 N–H and O–H groups in total. The molecule has 0 amide bonds. The van der Waals surface area contributed by atoms with E-state index in [1.807, 2.05) is 12.1 Å². The largest absolute Gasteiger partial charge is 0.497 e. The average Bonchev–Trinajstić information content (AvgIpc) is 2.62. The summed E-state index contributed by atoms with van der Waals surface area (Å²) in [5, 5.41) is 0. The average molecular weight is 339 g/mol. The van der Waals surface area contributed by atoms with Crippen LogP contribution in [-0.2, 0) is 0 Å². The van der Waals surface area contributed by atoms with Crippen LogP contribution < -0.4 is 4.74 Å². The van der Waals surface area contributed by atoms with Crippen LogP contribution in [0.4, 0.5) is 0 Å². The Bertz CT molecular complexity index is 609. The highest BCUT2D eigenvalue weighted by molar-refractivity contribution is 5.50. The quantitative estimate of drug-likeness (QED) is 0.490. The van der Waals surface area contributed by atoms with E-state index in [1.54, 1.807) is 7.11 Å². The molecule has 1 saturated carbocycles. The third-order valence-electron chi connectivity index (χ3n) is 6.19. The van der Waals surface area contributed by atoms with Crippen LogP contribution in [0.15, 0.2) is 55.1 Å². The number of hydrogen-bond donors (Lipinski definition) is 0. The minimum Gasteiger partial charge on any atom is -0.497 e. The Hall–Kier alpha value is -1.76. The standard InChI is InChI=1S/C24H34O/c1-7-24(5)16-15-21(17-23(24)18(2)3)19(4)9-8-10-20-11-13-22(25-6)14-12-20/h7-8,10-14,19,21,23H,1-2,9,15-17H2,3-6H3/b10-8+/t19?,21-,23+,24-/m1/s1. The van der Waals surface area contributed by atoms with Crippen LogP contribution in [0, 0.1) is 23.2 Å². The molecule has 0 heterocycles. The van der Waals surface area contributed by atoms with Gasteiger partial charge < -0.3 is 4.74 Å². The molecule has 0 spiro atoms. The molecule has 136 valence electrons. The molecule has 1 heteroatoms. The van der Waals surface area contributed by atoms with E-state index in [1.165, 1.54) is 30.4 Å². The zero-order chi connectivity index (χ0) is 18.4. The molecule has 1 aromatic carbocycles. The Balaban J connectivity index is 1.94. The SMILES string of the molecule is C=C[C@]1(C)CC[C@@H](C(C)C/C=C/c2ccc(OC)cc2)C[C@H]1C(=C)C. The van der Waals surface area contributed by atoms with Crippen molar-refractivity contribution in [3.8, 4) is 5.75 Å². The first-order chi connectivity index (χ1) is 11.9. The lowest BCUT2D eigenvalue weighted by Gasteiger charge is -2.45. The second-order valence-electron chi connectivity index (χ2n) is 8.03. The van der Waals surface area contributed by atoms with Crippen LogP contribution in [0.5, 0.6) is 5.75 Å². The summed E-state index contributed by atoms with van der Waals surface area (Å²) in [4.78, 5) is 0. The fraction of sp³-hybridized carbons (Fsp3) is 0.500. The molecule has 1 aliphatic carbocycles. The van der Waals surface area contributed by atoms with Crippen molar-refractivity contribution in [3.63, 3.8) is 0 Å². The van der Waals surface area contributed by atoms with Crippen LogP contribution >= 0.6 is 0 Å². The topological polar surface area (TPSA) is 9.23 Å². The van der Waals surface area contributed by atoms with Gasteiger partial charge in [-0.05, 0) is 73.5 Å². The van der Waals surface area contributed by atoms with Crippen molar-refractivity contribution in [1.29, 1.82) is 0 Å². The predicted molar refractivity (Wildman–Crippen MR) is 110 cm³/mol. The Morgan fingerprint density at radius 2 is 2.04 bits per heavy atom. The maximum atomic E-state index is 5.21. The first kappa shape index (κ1) is 19.6. The van der Waals surface area contributed by atoms with Gasteiger partial charge in [-0.1, -0.05) is 56.4 Å². The summed E-state index contributed by atoms with van der Waals surface area (Å²) >= 11 is 0. The number of allylic oxidation sites excluding steroid dienone is 3. The van der Waals surface area contributed by atoms with Crippen LogP contribution in [0.3, 0.4) is 0 Å². The van der Waals surface area contributed by atoms with Crippen LogP contribution in [0.2, 0.25) is 0 Å². The molecular formula is C24H34O. The first-order valence-electron chi connectivity index (χ1n) is 9.49. The van der Waals surface area contributed by atoms with Gasteiger partial charge in [0.1, 0.15) is 5.75 Å². The van der Waals surface area contributed by atoms with E-state index in [-0.39, 0.29) is 5.41 Å². The molecule has 1 fully saturated rings. The Morgan fingerprint density at radius 1 is 1.36 bits per heavy atom. The fourth-order valence-electron chi connectivity index (χ4n) is 4.21. The summed E-state index contributed by atoms with van der Waals surface area (Å²) in [5.41, 5.74) is 2.77. The van der Waals surface area contributed by atoms with Gasteiger partial charge in [-0.3, -0.25) is 0 Å². The highest BCUT2D eigenvalue weighted by Crippen LogP contribution is 2.49. The van der Waals surface area contributed by atoms with Gasteiger partial charge in [-0.25, -0.2) is 0 Å². The van der Waals surface area contributed by atoms with Crippen molar-refractivity contribution in [2.75, 3.05) is 7.11 Å². The smallest absolute Gasteiger partial charge is 0.118 e. The summed E-state index contributed by atoms with van der Waals surface area (Å²) in [5.74, 6) is 2.95. The van der Waals surface area contributed by atoms with E-state index in [0.29, 0.717) is 11.8 Å². The lowest BCUT2D eigenvalue weighted by molar-refractivity contribution is 0.122. The normalized spacial score (nSPS) is 27.8. The van der Waals surface area contributed by atoms with E-state index < -0.39 is 0 Å². The van der Waals surface area contributed by atoms with Crippen molar-refractivity contribution < 1.29 is 4.74 Å². The molecule has 0 radical (unpaired) electrons. The predicted octanol–water partition coefficient (Wildman–Crippen LogP) is 6.92. The molecule has 0 saturated heterocycles. The highest BCUT2D eigenvalue weighted by Gasteiger charge is 2.39. The molecule has 1 nitrogen and oxygen atoms in total. The minimum atomic E-state index is 0.223. The third kappa shape index (κ3) is 4.87. The Labute approximate surface area is 154 Å². The molecule has 1 aliphatic rings. The maximum Gasteiger partial charge on any atom is 0.118 e. The summed E-state index contributed by atoms with van der Waals surface area (Å²) in [7, 11) is 1.70. The van der Waals surface area contributed by atoms with E-state index >= 15 is 0 Å². The number of methoxy groups -OCH3 is 1. The van der Waals surface area contributed by atoms with Gasteiger partial charge in [0, 0.05) is 0 Å². The molecule has 0 aromatic heterocycles. The lowest BCUT2D eigenvalue weighted by Crippen LogP contribution is -2.35. The van der Waals surface area contributed by atoms with Crippen molar-refractivity contribution >= 4 is 6.08 Å². The number of hydrogen-bond acceptors (Lipinski definition) is 1. The molecule has 1 unspecified atom stereocenters. The van der Waals surface area contributed by atoms with E-state index in [0.717, 1.165) is 18.1 Å². The maximum absolute atomic E-state index is 5.21. The van der Waals surface area contributed by atoms with Crippen molar-refractivity contribution in [3.05, 3.63) is 60.7 Å². The second-order valence-corrected chi connectivity index (χ2v) is 8.03. The Morgan fingerprint density at radius 3 is 2.60 bits per heavy atom. The fourth-order valence-corrected chi connectivity index (χ4v) is 4.21. The lowest BCUT2D eigenvalue weighted by atomic mass is 9.60. The zero-order valence-corrected chi connectivity index (χ0v) is 16.4. The molecule has 1 aromatic rings. The monoisotopic (exact) mass is 338 g/mol. The van der Waals surface area contributed by atoms with Crippen LogP contribution in [0.1, 0.15) is 52.0 Å². The minimum absolute atomic E-state index is 0.223. The first-order valence-corrected chi connectivity index (χ1v) is 9.49. The number of rotatable bonds is 7. The number of ether oxygens (including phenoxy) is 1. The van der Waals surface area contributed by atoms with E-state index in [2.05, 4.69) is 64.3 Å². The van der Waals surface area contributed by atoms with Gasteiger partial charge in [0.05, 0.1) is 7.11 Å². The van der Waals surface area contributed by atoms with Crippen molar-refractivity contribution in [2.24, 2.45) is 23.2 Å². The van der Waals surface area contributed by atoms with Crippen molar-refractivity contribution in [1.82, 2.24) is 0 Å². The third-order valence-corrected chi connectivity index (χ3v) is 6.19. The highest BCUT2D eigenvalue weighted by atomic mass is 16.5. The van der Waals surface area contributed by atoms with Gasteiger partial charge >= 0.3 is 0 Å². The molecular weight excluding hydrogens is 304 g/mol. The van der Waals surface area contributed by atoms with Crippen molar-refractivity contribution in [2.45, 2.75) is 46.5 Å². The van der Waals surface area contributed by atoms with Crippen LogP contribution in [0.25, 0.3) is 6.08 Å². The molecule has 2 rings (SSSR count). The zero-order valence-electron chi connectivity index (χ0n) is 16.4. The summed E-state index contributed by atoms with van der Waals surface area (Å²) < 4.78 is 5.21. The van der Waals surface area contributed by atoms with Gasteiger partial charge in [0.2, 0.25) is 0 Å². The van der Waals surface area contributed by atoms with Gasteiger partial charge in [-0.2, -0.15) is 0 Å². The summed E-state index contributed by atoms with van der Waals surface area (Å²) in [6, 6.07) is 8.23. The van der Waals surface area contributed by atoms with E-state index in [4.69, 9.17) is 4.74 Å². The Kier molecular flexibility index (Phi) is 6.70. The number of benzene rings is 1. The molecule has 25 heavy (non-hydrogen) atoms. The van der Waals surface area contributed by atoms with Gasteiger partial charge in [0.15, 0.2) is 0 Å². The van der Waals surface area contributed by atoms with E-state index in [9.17, 15) is 0 Å². The second kappa shape index (κ2) is 8.56. The molecule has 4 atom stereocenters. The summed E-state index contributed by atoms with van der Waals surface area (Å²) in [6.07, 6.45) is 11.6. The van der Waals surface area contributed by atoms with Gasteiger partial charge in [-0.15, -0.1) is 6.58 Å². The summed E-state index contributed by atoms with van der Waals surface area (Å²) in [6.45, 7) is 15.3. The molecule has 0 aliphatic heterocycles. The van der Waals surface area contributed by atoms with Crippen LogP contribution in [-0.4, -0.2) is 7.11 Å². The van der Waals surface area contributed by atoms with Gasteiger partial charge in [0.25, 0.3) is 0 Å².